The van der Waals surface area contributed by atoms with Crippen LogP contribution in [0.2, 0.25) is 0 Å². The average Bonchev–Trinajstić information content (AvgIpc) is 2.59. The molecule has 142 valence electrons. The number of benzene rings is 1. The lowest BCUT2D eigenvalue weighted by molar-refractivity contribution is 0.0368. The minimum Gasteiger partial charge on any atom is -0.508 e. The molecule has 0 aromatic heterocycles. The second-order valence-corrected chi connectivity index (χ2v) is 7.92. The summed E-state index contributed by atoms with van der Waals surface area (Å²) in [4.78, 5) is 12.5. The SMILES string of the molecule is CC1=CC[C@@H](OC(=O)c2ccc(O)cc2)/C(C)=C/[C@@H](O)C(C)(C)CCC1. The van der Waals surface area contributed by atoms with Crippen molar-refractivity contribution in [1.29, 1.82) is 0 Å². The predicted octanol–water partition coefficient (Wildman–Crippen LogP) is 4.77. The number of aromatic hydroxyl groups is 1. The highest BCUT2D eigenvalue weighted by Gasteiger charge is 2.28. The second-order valence-electron chi connectivity index (χ2n) is 7.92. The first-order valence-corrected chi connectivity index (χ1v) is 9.21. The maximum absolute atomic E-state index is 12.5. The number of carbonyl (C=O) groups is 1. The van der Waals surface area contributed by atoms with E-state index < -0.39 is 18.2 Å². The van der Waals surface area contributed by atoms with Crippen LogP contribution < -0.4 is 0 Å². The van der Waals surface area contributed by atoms with E-state index in [-0.39, 0.29) is 11.2 Å². The molecule has 0 unspecified atom stereocenters. The summed E-state index contributed by atoms with van der Waals surface area (Å²) in [7, 11) is 0. The predicted molar refractivity (Wildman–Crippen MR) is 103 cm³/mol. The number of hydrogen-bond acceptors (Lipinski definition) is 4. The standard InChI is InChI=1S/C22H30O4/c1-15-6-5-13-22(3,4)20(24)14-16(2)19(12-7-15)26-21(25)17-8-10-18(23)11-9-17/h7-11,14,19-20,23-24H,5-6,12-13H2,1-4H3/b15-7?,16-14+/t19-,20-/m1/s1. The highest BCUT2D eigenvalue weighted by Crippen LogP contribution is 2.31. The van der Waals surface area contributed by atoms with E-state index in [1.165, 1.54) is 17.7 Å². The largest absolute Gasteiger partial charge is 0.508 e. The van der Waals surface area contributed by atoms with E-state index in [0.29, 0.717) is 12.0 Å². The second kappa shape index (κ2) is 8.54. The molecule has 2 N–H and O–H groups in total. The molecule has 0 spiro atoms. The van der Waals surface area contributed by atoms with E-state index in [1.807, 2.05) is 13.0 Å². The van der Waals surface area contributed by atoms with Gasteiger partial charge in [0.25, 0.3) is 0 Å². The number of rotatable bonds is 2. The quantitative estimate of drug-likeness (QED) is 0.590. The molecule has 2 rings (SSSR count). The van der Waals surface area contributed by atoms with Gasteiger partial charge in [-0.3, -0.25) is 0 Å². The monoisotopic (exact) mass is 358 g/mol. The lowest BCUT2D eigenvalue weighted by Crippen LogP contribution is -2.29. The lowest BCUT2D eigenvalue weighted by Gasteiger charge is -2.29. The molecule has 0 amide bonds. The first-order valence-electron chi connectivity index (χ1n) is 9.21. The summed E-state index contributed by atoms with van der Waals surface area (Å²) in [6.07, 6.45) is 6.46. The third kappa shape index (κ3) is 5.46. The van der Waals surface area contributed by atoms with Crippen LogP contribution in [-0.2, 0) is 4.74 Å². The van der Waals surface area contributed by atoms with E-state index in [2.05, 4.69) is 26.8 Å². The van der Waals surface area contributed by atoms with Crippen molar-refractivity contribution < 1.29 is 19.7 Å². The van der Waals surface area contributed by atoms with Crippen molar-refractivity contribution in [1.82, 2.24) is 0 Å². The minimum absolute atomic E-state index is 0.108. The van der Waals surface area contributed by atoms with Crippen LogP contribution >= 0.6 is 0 Å². The Hall–Kier alpha value is -2.07. The molecule has 1 aromatic carbocycles. The molecule has 2 atom stereocenters. The number of aliphatic hydroxyl groups excluding tert-OH is 1. The molecule has 0 radical (unpaired) electrons. The van der Waals surface area contributed by atoms with Gasteiger partial charge in [0, 0.05) is 6.42 Å². The van der Waals surface area contributed by atoms with Crippen LogP contribution in [0.25, 0.3) is 0 Å². The zero-order chi connectivity index (χ0) is 19.3. The number of phenolic OH excluding ortho intramolecular Hbond substituents is 1. The van der Waals surface area contributed by atoms with Gasteiger partial charge in [-0.25, -0.2) is 4.79 Å². The highest BCUT2D eigenvalue weighted by atomic mass is 16.5. The van der Waals surface area contributed by atoms with E-state index >= 15 is 0 Å². The van der Waals surface area contributed by atoms with Gasteiger partial charge in [-0.2, -0.15) is 0 Å². The van der Waals surface area contributed by atoms with E-state index in [1.54, 1.807) is 12.1 Å². The topological polar surface area (TPSA) is 66.8 Å². The Morgan fingerprint density at radius 1 is 1.19 bits per heavy atom. The van der Waals surface area contributed by atoms with Crippen LogP contribution in [0.4, 0.5) is 0 Å². The number of carbonyl (C=O) groups excluding carboxylic acids is 1. The van der Waals surface area contributed by atoms with Gasteiger partial charge in [0.15, 0.2) is 0 Å². The summed E-state index contributed by atoms with van der Waals surface area (Å²) in [5.74, 6) is -0.325. The molecule has 1 aliphatic carbocycles. The van der Waals surface area contributed by atoms with Gasteiger partial charge in [0.2, 0.25) is 0 Å². The first-order chi connectivity index (χ1) is 12.2. The molecule has 1 aromatic rings. The Bertz CT molecular complexity index is 683. The summed E-state index contributed by atoms with van der Waals surface area (Å²) in [5.41, 5.74) is 2.29. The Morgan fingerprint density at radius 2 is 1.85 bits per heavy atom. The number of allylic oxidation sites excluding steroid dienone is 1. The molecular weight excluding hydrogens is 328 g/mol. The molecular formula is C22H30O4. The Balaban J connectivity index is 2.25. The van der Waals surface area contributed by atoms with Gasteiger partial charge in [0.05, 0.1) is 11.7 Å². The number of aliphatic hydroxyl groups is 1. The molecule has 1 aliphatic rings. The van der Waals surface area contributed by atoms with E-state index in [0.717, 1.165) is 24.8 Å². The smallest absolute Gasteiger partial charge is 0.338 e. The van der Waals surface area contributed by atoms with Gasteiger partial charge in [-0.1, -0.05) is 31.6 Å². The summed E-state index contributed by atoms with van der Waals surface area (Å²) in [6, 6.07) is 6.02. The van der Waals surface area contributed by atoms with Crippen molar-refractivity contribution >= 4 is 5.97 Å². The molecule has 26 heavy (non-hydrogen) atoms. The molecule has 0 fully saturated rings. The van der Waals surface area contributed by atoms with E-state index in [9.17, 15) is 15.0 Å². The van der Waals surface area contributed by atoms with Crippen LogP contribution in [0.3, 0.4) is 0 Å². The molecule has 4 nitrogen and oxygen atoms in total. The maximum atomic E-state index is 12.5. The van der Waals surface area contributed by atoms with Crippen LogP contribution in [-0.4, -0.2) is 28.4 Å². The molecule has 0 bridgehead atoms. The van der Waals surface area contributed by atoms with Gasteiger partial charge in [-0.15, -0.1) is 0 Å². The minimum atomic E-state index is -0.587. The molecule has 0 heterocycles. The van der Waals surface area contributed by atoms with E-state index in [4.69, 9.17) is 4.74 Å². The lowest BCUT2D eigenvalue weighted by atomic mass is 9.80. The van der Waals surface area contributed by atoms with Crippen LogP contribution in [0.1, 0.15) is 63.7 Å². The zero-order valence-electron chi connectivity index (χ0n) is 16.2. The fourth-order valence-corrected chi connectivity index (χ4v) is 3.08. The summed E-state index contributed by atoms with van der Waals surface area (Å²) < 4.78 is 5.72. The Kier molecular flexibility index (Phi) is 6.65. The summed E-state index contributed by atoms with van der Waals surface area (Å²) in [5, 5.41) is 20.0. The van der Waals surface area contributed by atoms with Crippen LogP contribution in [0.5, 0.6) is 5.75 Å². The normalized spacial score (nSPS) is 26.0. The van der Waals surface area contributed by atoms with Crippen molar-refractivity contribution in [2.45, 2.75) is 65.6 Å². The number of hydrogen-bond donors (Lipinski definition) is 2. The average molecular weight is 358 g/mol. The van der Waals surface area contributed by atoms with Gasteiger partial charge in [0.1, 0.15) is 11.9 Å². The molecule has 0 saturated heterocycles. The van der Waals surface area contributed by atoms with Crippen LogP contribution in [0, 0.1) is 5.41 Å². The van der Waals surface area contributed by atoms with Crippen LogP contribution in [0.15, 0.2) is 47.6 Å². The third-order valence-electron chi connectivity index (χ3n) is 5.15. The molecule has 0 saturated carbocycles. The fraction of sp³-hybridized carbons (Fsp3) is 0.500. The molecule has 0 aliphatic heterocycles. The maximum Gasteiger partial charge on any atom is 0.338 e. The van der Waals surface area contributed by atoms with Gasteiger partial charge in [-0.05, 0) is 68.4 Å². The fourth-order valence-electron chi connectivity index (χ4n) is 3.08. The van der Waals surface area contributed by atoms with Crippen molar-refractivity contribution in [2.75, 3.05) is 0 Å². The van der Waals surface area contributed by atoms with Crippen molar-refractivity contribution in [3.8, 4) is 5.75 Å². The Labute approximate surface area is 156 Å². The molecule has 4 heteroatoms. The summed E-state index contributed by atoms with van der Waals surface area (Å²) in [6.45, 7) is 8.13. The third-order valence-corrected chi connectivity index (χ3v) is 5.15. The van der Waals surface area contributed by atoms with Crippen molar-refractivity contribution in [2.24, 2.45) is 5.41 Å². The van der Waals surface area contributed by atoms with Gasteiger partial charge < -0.3 is 14.9 Å². The summed E-state index contributed by atoms with van der Waals surface area (Å²) >= 11 is 0. The Morgan fingerprint density at radius 3 is 2.50 bits per heavy atom. The highest BCUT2D eigenvalue weighted by molar-refractivity contribution is 5.89. The van der Waals surface area contributed by atoms with Gasteiger partial charge >= 0.3 is 5.97 Å². The number of esters is 1. The van der Waals surface area contributed by atoms with Crippen molar-refractivity contribution in [3.63, 3.8) is 0 Å². The zero-order valence-corrected chi connectivity index (χ0v) is 16.2. The first kappa shape index (κ1) is 20.2. The number of phenols is 1. The van der Waals surface area contributed by atoms with Crippen molar-refractivity contribution in [3.05, 3.63) is 53.1 Å². The number of ether oxygens (including phenoxy) is 1.